The molecule has 0 bridgehead atoms. The Balaban J connectivity index is 2.39. The quantitative estimate of drug-likeness (QED) is 0.347. The van der Waals surface area contributed by atoms with E-state index in [1.165, 1.54) is 19.3 Å². The van der Waals surface area contributed by atoms with Crippen LogP contribution < -0.4 is 0 Å². The highest BCUT2D eigenvalue weighted by Crippen LogP contribution is 2.22. The average Bonchev–Trinajstić information content (AvgIpc) is 2.14. The van der Waals surface area contributed by atoms with Gasteiger partial charge >= 0.3 is 5.97 Å². The Morgan fingerprint density at radius 3 is 2.33 bits per heavy atom. The zero-order valence-corrected chi connectivity index (χ0v) is 9.93. The first-order valence-corrected chi connectivity index (χ1v) is 5.72. The topological polar surface area (TPSA) is 26.3 Å². The molecule has 0 radical (unpaired) electrons. The molecule has 1 aliphatic carbocycles. The van der Waals surface area contributed by atoms with E-state index < -0.39 is 11.6 Å². The molecule has 0 N–H and O–H groups in total. The van der Waals surface area contributed by atoms with E-state index in [0.29, 0.717) is 5.92 Å². The highest BCUT2D eigenvalue weighted by atomic mass is 16.6. The highest BCUT2D eigenvalue weighted by Gasteiger charge is 2.15. The SMILES string of the molecule is CC(C)(C)OC(=O)C#CC1CCCCC1. The fourth-order valence-corrected chi connectivity index (χ4v) is 1.71. The third-order valence-corrected chi connectivity index (χ3v) is 2.38. The van der Waals surface area contributed by atoms with Crippen molar-refractivity contribution in [2.45, 2.75) is 58.5 Å². The maximum atomic E-state index is 11.3. The molecule has 1 saturated carbocycles. The van der Waals surface area contributed by atoms with Gasteiger partial charge in [-0.3, -0.25) is 0 Å². The number of ether oxygens (including phenoxy) is 1. The zero-order valence-electron chi connectivity index (χ0n) is 9.93. The van der Waals surface area contributed by atoms with Gasteiger partial charge in [-0.05, 0) is 33.6 Å². The fourth-order valence-electron chi connectivity index (χ4n) is 1.71. The molecular formula is C13H20O2. The third-order valence-electron chi connectivity index (χ3n) is 2.38. The van der Waals surface area contributed by atoms with Crippen LogP contribution in [0.4, 0.5) is 0 Å². The summed E-state index contributed by atoms with van der Waals surface area (Å²) in [5, 5.41) is 0. The Morgan fingerprint density at radius 2 is 1.80 bits per heavy atom. The summed E-state index contributed by atoms with van der Waals surface area (Å²) < 4.78 is 5.12. The molecule has 0 aromatic heterocycles. The Bertz CT molecular complexity index is 269. The lowest BCUT2D eigenvalue weighted by atomic mass is 9.90. The lowest BCUT2D eigenvalue weighted by Crippen LogP contribution is -2.22. The van der Waals surface area contributed by atoms with Gasteiger partial charge in [-0.15, -0.1) is 0 Å². The summed E-state index contributed by atoms with van der Waals surface area (Å²) >= 11 is 0. The smallest absolute Gasteiger partial charge is 0.384 e. The van der Waals surface area contributed by atoms with Gasteiger partial charge in [-0.25, -0.2) is 4.79 Å². The summed E-state index contributed by atoms with van der Waals surface area (Å²) in [7, 11) is 0. The molecule has 15 heavy (non-hydrogen) atoms. The first-order chi connectivity index (χ1) is 6.97. The second-order valence-corrected chi connectivity index (χ2v) is 5.11. The second kappa shape index (κ2) is 5.21. The minimum absolute atomic E-state index is 0.395. The van der Waals surface area contributed by atoms with Crippen LogP contribution in [0, 0.1) is 17.8 Å². The fraction of sp³-hybridized carbons (Fsp3) is 0.769. The van der Waals surface area contributed by atoms with E-state index in [0.717, 1.165) is 12.8 Å². The van der Waals surface area contributed by atoms with Gasteiger partial charge in [-0.1, -0.05) is 25.2 Å². The molecule has 0 aromatic carbocycles. The van der Waals surface area contributed by atoms with Crippen molar-refractivity contribution in [1.82, 2.24) is 0 Å². The Hall–Kier alpha value is -0.970. The van der Waals surface area contributed by atoms with Gasteiger partial charge in [0.25, 0.3) is 0 Å². The molecule has 2 nitrogen and oxygen atoms in total. The molecule has 2 heteroatoms. The predicted molar refractivity (Wildman–Crippen MR) is 60.2 cm³/mol. The van der Waals surface area contributed by atoms with Crippen molar-refractivity contribution in [3.63, 3.8) is 0 Å². The van der Waals surface area contributed by atoms with E-state index in [9.17, 15) is 4.79 Å². The van der Waals surface area contributed by atoms with Gasteiger partial charge in [0, 0.05) is 11.8 Å². The van der Waals surface area contributed by atoms with Gasteiger partial charge in [0.05, 0.1) is 0 Å². The lowest BCUT2D eigenvalue weighted by molar-refractivity contribution is -0.147. The zero-order chi connectivity index (χ0) is 11.3. The molecule has 1 rings (SSSR count). The van der Waals surface area contributed by atoms with E-state index in [4.69, 9.17) is 4.74 Å². The van der Waals surface area contributed by atoms with Crippen molar-refractivity contribution in [2.75, 3.05) is 0 Å². The summed E-state index contributed by atoms with van der Waals surface area (Å²) in [6.45, 7) is 5.56. The van der Waals surface area contributed by atoms with Gasteiger partial charge in [0.1, 0.15) is 5.60 Å². The van der Waals surface area contributed by atoms with Crippen molar-refractivity contribution < 1.29 is 9.53 Å². The summed E-state index contributed by atoms with van der Waals surface area (Å²) in [4.78, 5) is 11.3. The molecule has 0 amide bonds. The van der Waals surface area contributed by atoms with Crippen LogP contribution >= 0.6 is 0 Å². The number of rotatable bonds is 0. The van der Waals surface area contributed by atoms with Crippen LogP contribution in [-0.4, -0.2) is 11.6 Å². The monoisotopic (exact) mass is 208 g/mol. The van der Waals surface area contributed by atoms with Crippen LogP contribution in [0.15, 0.2) is 0 Å². The number of hydrogen-bond acceptors (Lipinski definition) is 2. The second-order valence-electron chi connectivity index (χ2n) is 5.11. The van der Waals surface area contributed by atoms with E-state index >= 15 is 0 Å². The van der Waals surface area contributed by atoms with Gasteiger partial charge in [-0.2, -0.15) is 0 Å². The maximum absolute atomic E-state index is 11.3. The molecule has 0 atom stereocenters. The summed E-state index contributed by atoms with van der Waals surface area (Å²) in [6.07, 6.45) is 6.07. The Labute approximate surface area is 92.4 Å². The van der Waals surface area contributed by atoms with Crippen LogP contribution in [0.2, 0.25) is 0 Å². The van der Waals surface area contributed by atoms with Crippen LogP contribution in [0.1, 0.15) is 52.9 Å². The van der Waals surface area contributed by atoms with Crippen LogP contribution in [-0.2, 0) is 9.53 Å². The van der Waals surface area contributed by atoms with Crippen LogP contribution in [0.25, 0.3) is 0 Å². The maximum Gasteiger partial charge on any atom is 0.384 e. The molecule has 0 unspecified atom stereocenters. The van der Waals surface area contributed by atoms with E-state index in [1.807, 2.05) is 20.8 Å². The minimum Gasteiger partial charge on any atom is -0.450 e. The predicted octanol–water partition coefficient (Wildman–Crippen LogP) is 2.91. The Kier molecular flexibility index (Phi) is 4.20. The van der Waals surface area contributed by atoms with Crippen molar-refractivity contribution in [1.29, 1.82) is 0 Å². The molecule has 84 valence electrons. The number of carbonyl (C=O) groups is 1. The van der Waals surface area contributed by atoms with Crippen LogP contribution in [0.3, 0.4) is 0 Å². The van der Waals surface area contributed by atoms with Crippen molar-refractivity contribution >= 4 is 5.97 Å². The van der Waals surface area contributed by atoms with Crippen LogP contribution in [0.5, 0.6) is 0 Å². The Morgan fingerprint density at radius 1 is 1.20 bits per heavy atom. The van der Waals surface area contributed by atoms with Crippen molar-refractivity contribution in [3.8, 4) is 11.8 Å². The molecule has 1 fully saturated rings. The highest BCUT2D eigenvalue weighted by molar-refractivity contribution is 5.88. The molecule has 0 heterocycles. The first kappa shape index (κ1) is 12.1. The average molecular weight is 208 g/mol. The molecule has 0 aromatic rings. The standard InChI is InChI=1S/C13H20O2/c1-13(2,3)15-12(14)10-9-11-7-5-4-6-8-11/h11H,4-8H2,1-3H3. The van der Waals surface area contributed by atoms with E-state index in [1.54, 1.807) is 0 Å². The molecular weight excluding hydrogens is 188 g/mol. The van der Waals surface area contributed by atoms with Gasteiger partial charge in [0.2, 0.25) is 0 Å². The molecule has 1 aliphatic rings. The summed E-state index contributed by atoms with van der Waals surface area (Å²) in [5.74, 6) is 5.63. The molecule has 0 spiro atoms. The third kappa shape index (κ3) is 5.47. The summed E-state index contributed by atoms with van der Waals surface area (Å²) in [6, 6.07) is 0. The van der Waals surface area contributed by atoms with E-state index in [2.05, 4.69) is 11.8 Å². The lowest BCUT2D eigenvalue weighted by Gasteiger charge is -2.18. The van der Waals surface area contributed by atoms with Gasteiger partial charge < -0.3 is 4.74 Å². The number of carbonyl (C=O) groups excluding carboxylic acids is 1. The normalized spacial score (nSPS) is 17.8. The number of hydrogen-bond donors (Lipinski definition) is 0. The first-order valence-electron chi connectivity index (χ1n) is 5.72. The molecule has 0 aliphatic heterocycles. The summed E-state index contributed by atoms with van der Waals surface area (Å²) in [5.41, 5.74) is -0.432. The number of esters is 1. The molecule has 0 saturated heterocycles. The van der Waals surface area contributed by atoms with Crippen molar-refractivity contribution in [3.05, 3.63) is 0 Å². The largest absolute Gasteiger partial charge is 0.450 e. The van der Waals surface area contributed by atoms with Gasteiger partial charge in [0.15, 0.2) is 0 Å². The van der Waals surface area contributed by atoms with Crippen molar-refractivity contribution in [2.24, 2.45) is 5.92 Å². The minimum atomic E-state index is -0.432. The van der Waals surface area contributed by atoms with E-state index in [-0.39, 0.29) is 0 Å².